The smallest absolute Gasteiger partial charge is 0.0948 e. The number of fused-ring (bicyclic) bond motifs is 1. The Morgan fingerprint density at radius 2 is 2.00 bits per heavy atom. The molecule has 1 aliphatic carbocycles. The molecule has 0 radical (unpaired) electrons. The van der Waals surface area contributed by atoms with Gasteiger partial charge in [0.2, 0.25) is 0 Å². The summed E-state index contributed by atoms with van der Waals surface area (Å²) in [6.45, 7) is 5.68. The van der Waals surface area contributed by atoms with Gasteiger partial charge in [0.1, 0.15) is 0 Å². The number of aliphatic hydroxyl groups excluding tert-OH is 1. The molecule has 1 aromatic rings. The molecule has 110 valence electrons. The molecule has 1 N–H and O–H groups in total. The third-order valence-corrected chi connectivity index (χ3v) is 4.97. The Labute approximate surface area is 122 Å². The van der Waals surface area contributed by atoms with E-state index in [0.29, 0.717) is 6.04 Å². The van der Waals surface area contributed by atoms with Crippen LogP contribution in [0.2, 0.25) is 0 Å². The first-order chi connectivity index (χ1) is 9.66. The summed E-state index contributed by atoms with van der Waals surface area (Å²) in [7, 11) is 2.20. The zero-order chi connectivity index (χ0) is 14.1. The van der Waals surface area contributed by atoms with E-state index >= 15 is 0 Å². The van der Waals surface area contributed by atoms with Crippen molar-refractivity contribution in [2.45, 2.75) is 44.4 Å². The maximum Gasteiger partial charge on any atom is 0.0948 e. The average molecular weight is 274 g/mol. The first-order valence-corrected chi connectivity index (χ1v) is 7.87. The molecule has 1 heterocycles. The quantitative estimate of drug-likeness (QED) is 0.849. The van der Waals surface area contributed by atoms with Gasteiger partial charge in [-0.15, -0.1) is 0 Å². The van der Waals surface area contributed by atoms with Gasteiger partial charge in [0.15, 0.2) is 0 Å². The van der Waals surface area contributed by atoms with Crippen LogP contribution in [0.15, 0.2) is 24.3 Å². The molecule has 2 aliphatic rings. The highest BCUT2D eigenvalue weighted by atomic mass is 16.3. The average Bonchev–Trinajstić information content (AvgIpc) is 2.60. The molecule has 0 spiro atoms. The van der Waals surface area contributed by atoms with E-state index in [9.17, 15) is 5.11 Å². The van der Waals surface area contributed by atoms with Crippen LogP contribution in [0.3, 0.4) is 0 Å². The Hall–Kier alpha value is -0.900. The highest BCUT2D eigenvalue weighted by molar-refractivity contribution is 5.32. The Balaban J connectivity index is 1.81. The largest absolute Gasteiger partial charge is 0.387 e. The minimum atomic E-state index is -0.328. The van der Waals surface area contributed by atoms with E-state index in [1.165, 1.54) is 18.5 Å². The second kappa shape index (κ2) is 5.84. The first-order valence-electron chi connectivity index (χ1n) is 7.87. The Morgan fingerprint density at radius 1 is 1.20 bits per heavy atom. The van der Waals surface area contributed by atoms with Crippen LogP contribution in [0, 0.1) is 0 Å². The fraction of sp³-hybridized carbons (Fsp3) is 0.647. The lowest BCUT2D eigenvalue weighted by Gasteiger charge is -2.41. The van der Waals surface area contributed by atoms with Gasteiger partial charge in [-0.1, -0.05) is 24.3 Å². The predicted molar refractivity (Wildman–Crippen MR) is 81.8 cm³/mol. The van der Waals surface area contributed by atoms with Crippen LogP contribution in [0.25, 0.3) is 0 Å². The number of rotatable bonds is 1. The van der Waals surface area contributed by atoms with Crippen molar-refractivity contribution < 1.29 is 5.11 Å². The number of aliphatic hydroxyl groups is 1. The number of likely N-dealkylation sites (N-methyl/N-ethyl adjacent to an activating group) is 1. The van der Waals surface area contributed by atoms with Crippen LogP contribution in [0.1, 0.15) is 37.0 Å². The van der Waals surface area contributed by atoms with Crippen LogP contribution in [-0.4, -0.2) is 53.7 Å². The molecule has 1 saturated heterocycles. The van der Waals surface area contributed by atoms with Gasteiger partial charge in [0.05, 0.1) is 6.10 Å². The molecule has 3 nitrogen and oxygen atoms in total. The molecule has 1 aromatic carbocycles. The van der Waals surface area contributed by atoms with Gasteiger partial charge in [-0.25, -0.2) is 0 Å². The second-order valence-electron chi connectivity index (χ2n) is 6.45. The summed E-state index contributed by atoms with van der Waals surface area (Å²) < 4.78 is 0. The van der Waals surface area contributed by atoms with E-state index in [1.807, 2.05) is 6.07 Å². The van der Waals surface area contributed by atoms with E-state index in [1.54, 1.807) is 0 Å². The van der Waals surface area contributed by atoms with Crippen molar-refractivity contribution in [1.29, 1.82) is 0 Å². The lowest BCUT2D eigenvalue weighted by atomic mass is 9.84. The number of benzene rings is 1. The predicted octanol–water partition coefficient (Wildman–Crippen LogP) is 2.06. The van der Waals surface area contributed by atoms with Gasteiger partial charge in [-0.3, -0.25) is 4.90 Å². The van der Waals surface area contributed by atoms with E-state index in [4.69, 9.17) is 0 Å². The van der Waals surface area contributed by atoms with Crippen molar-refractivity contribution in [3.8, 4) is 0 Å². The number of hydrogen-bond donors (Lipinski definition) is 1. The SMILES string of the molecule is CC1CN(C)CCCN1C1CCc2ccccc2C1O. The molecule has 0 aromatic heterocycles. The molecule has 0 amide bonds. The summed E-state index contributed by atoms with van der Waals surface area (Å²) in [5, 5.41) is 10.8. The van der Waals surface area contributed by atoms with Crippen molar-refractivity contribution in [2.24, 2.45) is 0 Å². The van der Waals surface area contributed by atoms with Crippen LogP contribution >= 0.6 is 0 Å². The Bertz CT molecular complexity index is 462. The minimum absolute atomic E-state index is 0.284. The fourth-order valence-corrected chi connectivity index (χ4v) is 3.95. The second-order valence-corrected chi connectivity index (χ2v) is 6.45. The molecule has 1 aliphatic heterocycles. The third-order valence-electron chi connectivity index (χ3n) is 4.97. The molecule has 3 unspecified atom stereocenters. The molecule has 20 heavy (non-hydrogen) atoms. The summed E-state index contributed by atoms with van der Waals surface area (Å²) in [4.78, 5) is 4.96. The lowest BCUT2D eigenvalue weighted by molar-refractivity contribution is 0.0171. The van der Waals surface area contributed by atoms with Crippen molar-refractivity contribution in [3.63, 3.8) is 0 Å². The van der Waals surface area contributed by atoms with E-state index < -0.39 is 0 Å². The molecular weight excluding hydrogens is 248 g/mol. The van der Waals surface area contributed by atoms with Gasteiger partial charge in [-0.2, -0.15) is 0 Å². The molecule has 0 bridgehead atoms. The van der Waals surface area contributed by atoms with Crippen LogP contribution in [-0.2, 0) is 6.42 Å². The maximum absolute atomic E-state index is 10.8. The number of aryl methyl sites for hydroxylation is 1. The monoisotopic (exact) mass is 274 g/mol. The molecule has 3 heteroatoms. The molecule has 3 rings (SSSR count). The van der Waals surface area contributed by atoms with Gasteiger partial charge in [0.25, 0.3) is 0 Å². The van der Waals surface area contributed by atoms with Crippen LogP contribution in [0.4, 0.5) is 0 Å². The standard InChI is InChI=1S/C17H26N2O/c1-13-12-18(2)10-5-11-19(13)16-9-8-14-6-3-4-7-15(14)17(16)20/h3-4,6-7,13,16-17,20H,5,8-12H2,1-2H3. The summed E-state index contributed by atoms with van der Waals surface area (Å²) in [6.07, 6.45) is 3.04. The summed E-state index contributed by atoms with van der Waals surface area (Å²) in [5.74, 6) is 0. The summed E-state index contributed by atoms with van der Waals surface area (Å²) in [5.41, 5.74) is 2.48. The highest BCUT2D eigenvalue weighted by Gasteiger charge is 2.35. The van der Waals surface area contributed by atoms with Crippen LogP contribution in [0.5, 0.6) is 0 Å². The third kappa shape index (κ3) is 2.62. The van der Waals surface area contributed by atoms with E-state index in [0.717, 1.165) is 31.5 Å². The van der Waals surface area contributed by atoms with Crippen molar-refractivity contribution in [1.82, 2.24) is 9.80 Å². The molecule has 0 saturated carbocycles. The normalized spacial score (nSPS) is 32.6. The molecule has 3 atom stereocenters. The number of nitrogens with zero attached hydrogens (tertiary/aromatic N) is 2. The van der Waals surface area contributed by atoms with Gasteiger partial charge in [-0.05, 0) is 50.9 Å². The zero-order valence-electron chi connectivity index (χ0n) is 12.6. The number of hydrogen-bond acceptors (Lipinski definition) is 3. The maximum atomic E-state index is 10.8. The molecular formula is C17H26N2O. The van der Waals surface area contributed by atoms with E-state index in [-0.39, 0.29) is 12.1 Å². The fourth-order valence-electron chi connectivity index (χ4n) is 3.95. The van der Waals surface area contributed by atoms with E-state index in [2.05, 4.69) is 42.0 Å². The van der Waals surface area contributed by atoms with Gasteiger partial charge in [0, 0.05) is 25.2 Å². The first kappa shape index (κ1) is 14.1. The van der Waals surface area contributed by atoms with Crippen LogP contribution < -0.4 is 0 Å². The van der Waals surface area contributed by atoms with Crippen molar-refractivity contribution in [3.05, 3.63) is 35.4 Å². The summed E-state index contributed by atoms with van der Waals surface area (Å²) >= 11 is 0. The Kier molecular flexibility index (Phi) is 4.11. The summed E-state index contributed by atoms with van der Waals surface area (Å²) in [6, 6.07) is 9.19. The lowest BCUT2D eigenvalue weighted by Crippen LogP contribution is -2.48. The van der Waals surface area contributed by atoms with Gasteiger partial charge >= 0.3 is 0 Å². The van der Waals surface area contributed by atoms with Crippen molar-refractivity contribution >= 4 is 0 Å². The Morgan fingerprint density at radius 3 is 2.85 bits per heavy atom. The van der Waals surface area contributed by atoms with Crippen molar-refractivity contribution in [2.75, 3.05) is 26.7 Å². The topological polar surface area (TPSA) is 26.7 Å². The zero-order valence-corrected chi connectivity index (χ0v) is 12.6. The highest BCUT2D eigenvalue weighted by Crippen LogP contribution is 2.34. The van der Waals surface area contributed by atoms with Gasteiger partial charge < -0.3 is 10.0 Å². The minimum Gasteiger partial charge on any atom is -0.387 e. The molecule has 1 fully saturated rings.